The predicted octanol–water partition coefficient (Wildman–Crippen LogP) is 4.04. The third-order valence-electron chi connectivity index (χ3n) is 3.03. The number of amides is 1. The predicted molar refractivity (Wildman–Crippen MR) is 78.2 cm³/mol. The highest BCUT2D eigenvalue weighted by molar-refractivity contribution is 6.31. The summed E-state index contributed by atoms with van der Waals surface area (Å²) in [6.45, 7) is 1.85. The third kappa shape index (κ3) is 2.26. The molecule has 20 heavy (non-hydrogen) atoms. The number of nitrogens with zero attached hydrogens (tertiary/aromatic N) is 1. The molecule has 0 aliphatic rings. The van der Waals surface area contributed by atoms with E-state index in [0.717, 1.165) is 5.56 Å². The van der Waals surface area contributed by atoms with Gasteiger partial charge in [0.25, 0.3) is 5.91 Å². The van der Waals surface area contributed by atoms with Crippen LogP contribution in [-0.2, 0) is 0 Å². The van der Waals surface area contributed by atoms with Crippen LogP contribution in [0.5, 0.6) is 0 Å². The Bertz CT molecular complexity index is 762. The molecule has 0 saturated heterocycles. The van der Waals surface area contributed by atoms with E-state index in [4.69, 9.17) is 16.0 Å². The minimum Gasteiger partial charge on any atom is -0.449 e. The number of aromatic nitrogens is 1. The number of hydrogen-bond acceptors (Lipinski definition) is 3. The Morgan fingerprint density at radius 2 is 2.15 bits per heavy atom. The average Bonchev–Trinajstić information content (AvgIpc) is 2.88. The molecule has 0 fully saturated rings. The van der Waals surface area contributed by atoms with Gasteiger partial charge in [-0.05, 0) is 36.8 Å². The molecule has 0 radical (unpaired) electrons. The van der Waals surface area contributed by atoms with Gasteiger partial charge in [0.1, 0.15) is 5.52 Å². The van der Waals surface area contributed by atoms with Gasteiger partial charge in [-0.15, -0.1) is 0 Å². The number of hydrogen-bond donors (Lipinski definition) is 1. The van der Waals surface area contributed by atoms with Crippen LogP contribution in [0.25, 0.3) is 11.1 Å². The molecule has 4 nitrogen and oxygen atoms in total. The van der Waals surface area contributed by atoms with Gasteiger partial charge in [0.2, 0.25) is 0 Å². The van der Waals surface area contributed by atoms with Gasteiger partial charge in [-0.3, -0.25) is 9.78 Å². The summed E-state index contributed by atoms with van der Waals surface area (Å²) in [5.74, 6) is -0.105. The van der Waals surface area contributed by atoms with Crippen LogP contribution >= 0.6 is 11.6 Å². The summed E-state index contributed by atoms with van der Waals surface area (Å²) in [5.41, 5.74) is 2.72. The number of carbonyl (C=O) groups is 1. The molecule has 3 rings (SSSR count). The Morgan fingerprint density at radius 1 is 1.30 bits per heavy atom. The molecule has 5 heteroatoms. The zero-order valence-corrected chi connectivity index (χ0v) is 11.4. The van der Waals surface area contributed by atoms with Crippen LogP contribution < -0.4 is 5.32 Å². The first-order valence-corrected chi connectivity index (χ1v) is 6.44. The molecule has 0 spiro atoms. The number of rotatable bonds is 2. The molecule has 1 N–H and O–H groups in total. The molecule has 100 valence electrons. The molecule has 0 aliphatic heterocycles. The lowest BCUT2D eigenvalue weighted by Crippen LogP contribution is -2.11. The quantitative estimate of drug-likeness (QED) is 0.773. The van der Waals surface area contributed by atoms with Crippen LogP contribution in [0.3, 0.4) is 0 Å². The highest BCUT2D eigenvalue weighted by Crippen LogP contribution is 2.24. The first kappa shape index (κ1) is 12.7. The van der Waals surface area contributed by atoms with Crippen molar-refractivity contribution in [2.45, 2.75) is 6.92 Å². The smallest absolute Gasteiger partial charge is 0.291 e. The van der Waals surface area contributed by atoms with Crippen molar-refractivity contribution in [1.29, 1.82) is 0 Å². The Labute approximate surface area is 120 Å². The first-order valence-electron chi connectivity index (χ1n) is 6.06. The van der Waals surface area contributed by atoms with Crippen molar-refractivity contribution in [3.8, 4) is 0 Å². The summed E-state index contributed by atoms with van der Waals surface area (Å²) in [7, 11) is 0. The molecule has 0 atom stereocenters. The molecular formula is C15H11ClN2O2. The topological polar surface area (TPSA) is 55.1 Å². The minimum atomic E-state index is -0.326. The first-order chi connectivity index (χ1) is 9.65. The Morgan fingerprint density at radius 3 is 2.95 bits per heavy atom. The van der Waals surface area contributed by atoms with Gasteiger partial charge >= 0.3 is 0 Å². The molecule has 2 aromatic heterocycles. The number of furan rings is 1. The van der Waals surface area contributed by atoms with Crippen LogP contribution in [0, 0.1) is 6.92 Å². The molecule has 3 aromatic rings. The molecule has 0 saturated carbocycles. The largest absolute Gasteiger partial charge is 0.449 e. The van der Waals surface area contributed by atoms with Crippen molar-refractivity contribution >= 4 is 34.3 Å². The zero-order valence-electron chi connectivity index (χ0n) is 10.7. The lowest BCUT2D eigenvalue weighted by Gasteiger charge is -2.07. The van der Waals surface area contributed by atoms with Gasteiger partial charge in [-0.25, -0.2) is 0 Å². The number of carbonyl (C=O) groups excluding carboxylic acids is 1. The summed E-state index contributed by atoms with van der Waals surface area (Å²) < 4.78 is 5.46. The van der Waals surface area contributed by atoms with Crippen molar-refractivity contribution in [1.82, 2.24) is 4.98 Å². The van der Waals surface area contributed by atoms with E-state index in [2.05, 4.69) is 10.3 Å². The second kappa shape index (κ2) is 4.98. The Balaban J connectivity index is 1.91. The molecule has 0 bridgehead atoms. The number of halogens is 1. The monoisotopic (exact) mass is 286 g/mol. The summed E-state index contributed by atoms with van der Waals surface area (Å²) in [5, 5.41) is 3.39. The van der Waals surface area contributed by atoms with Crippen LogP contribution in [0.1, 0.15) is 16.1 Å². The van der Waals surface area contributed by atoms with Crippen LogP contribution in [-0.4, -0.2) is 10.9 Å². The number of benzene rings is 1. The second-order valence-electron chi connectivity index (χ2n) is 4.36. The van der Waals surface area contributed by atoms with Crippen LogP contribution in [0.2, 0.25) is 5.02 Å². The molecule has 1 amide bonds. The van der Waals surface area contributed by atoms with Crippen molar-refractivity contribution in [2.75, 3.05) is 5.32 Å². The molecule has 1 aromatic carbocycles. The second-order valence-corrected chi connectivity index (χ2v) is 4.77. The van der Waals surface area contributed by atoms with Crippen molar-refractivity contribution in [3.63, 3.8) is 0 Å². The number of fused-ring (bicyclic) bond motifs is 1. The average molecular weight is 287 g/mol. The van der Waals surface area contributed by atoms with E-state index in [1.165, 1.54) is 0 Å². The summed E-state index contributed by atoms with van der Waals surface area (Å²) in [6.07, 6.45) is 1.65. The maximum atomic E-state index is 12.2. The van der Waals surface area contributed by atoms with E-state index in [-0.39, 0.29) is 11.7 Å². The highest BCUT2D eigenvalue weighted by Gasteiger charge is 2.14. The fourth-order valence-corrected chi connectivity index (χ4v) is 2.08. The van der Waals surface area contributed by atoms with Gasteiger partial charge in [0, 0.05) is 23.0 Å². The third-order valence-corrected chi connectivity index (χ3v) is 3.44. The van der Waals surface area contributed by atoms with Gasteiger partial charge < -0.3 is 9.73 Å². The van der Waals surface area contributed by atoms with Crippen molar-refractivity contribution in [3.05, 3.63) is 58.9 Å². The van der Waals surface area contributed by atoms with E-state index >= 15 is 0 Å². The Hall–Kier alpha value is -2.33. The number of nitrogens with one attached hydrogen (secondary N) is 1. The molecule has 0 aliphatic carbocycles. The fourth-order valence-electron chi connectivity index (χ4n) is 1.91. The van der Waals surface area contributed by atoms with Gasteiger partial charge in [-0.2, -0.15) is 0 Å². The van der Waals surface area contributed by atoms with Gasteiger partial charge in [0.15, 0.2) is 11.3 Å². The van der Waals surface area contributed by atoms with E-state index in [1.807, 2.05) is 6.92 Å². The normalized spacial score (nSPS) is 10.7. The summed E-state index contributed by atoms with van der Waals surface area (Å²) in [4.78, 5) is 16.3. The van der Waals surface area contributed by atoms with E-state index in [1.54, 1.807) is 42.6 Å². The highest BCUT2D eigenvalue weighted by atomic mass is 35.5. The van der Waals surface area contributed by atoms with Crippen LogP contribution in [0.4, 0.5) is 5.69 Å². The lowest BCUT2D eigenvalue weighted by molar-refractivity contribution is 0.0998. The van der Waals surface area contributed by atoms with Crippen molar-refractivity contribution in [2.24, 2.45) is 0 Å². The maximum Gasteiger partial charge on any atom is 0.291 e. The summed E-state index contributed by atoms with van der Waals surface area (Å²) >= 11 is 6.02. The van der Waals surface area contributed by atoms with Gasteiger partial charge in [0.05, 0.1) is 0 Å². The lowest BCUT2D eigenvalue weighted by atomic mass is 10.2. The number of anilines is 1. The number of pyridine rings is 1. The maximum absolute atomic E-state index is 12.2. The fraction of sp³-hybridized carbons (Fsp3) is 0.0667. The van der Waals surface area contributed by atoms with Gasteiger partial charge in [-0.1, -0.05) is 17.7 Å². The summed E-state index contributed by atoms with van der Waals surface area (Å²) in [6, 6.07) is 10.5. The molecule has 2 heterocycles. The Kier molecular flexibility index (Phi) is 3.16. The standard InChI is InChI=1S/C15H11ClN2O2/c1-9-10(16)4-2-5-11(9)18-15(19)14-8-12-13(20-14)6-3-7-17-12/h2-8H,1H3,(H,18,19). The van der Waals surface area contributed by atoms with E-state index in [9.17, 15) is 4.79 Å². The SMILES string of the molecule is Cc1c(Cl)cccc1NC(=O)c1cc2ncccc2o1. The van der Waals surface area contributed by atoms with Crippen LogP contribution in [0.15, 0.2) is 47.0 Å². The van der Waals surface area contributed by atoms with E-state index < -0.39 is 0 Å². The molecular weight excluding hydrogens is 276 g/mol. The zero-order chi connectivity index (χ0) is 14.1. The van der Waals surface area contributed by atoms with Crippen molar-refractivity contribution < 1.29 is 9.21 Å². The van der Waals surface area contributed by atoms with E-state index in [0.29, 0.717) is 21.8 Å². The minimum absolute atomic E-state index is 0.220. The molecule has 0 unspecified atom stereocenters.